The fraction of sp³-hybridized carbons (Fsp3) is 0.267. The number of anilines is 2. The maximum absolute atomic E-state index is 13.7. The van der Waals surface area contributed by atoms with E-state index in [0.717, 1.165) is 23.6 Å². The van der Waals surface area contributed by atoms with Crippen LogP contribution in [0.15, 0.2) is 36.5 Å². The highest BCUT2D eigenvalue weighted by Crippen LogP contribution is 2.27. The van der Waals surface area contributed by atoms with Crippen LogP contribution in [0.1, 0.15) is 18.5 Å². The third kappa shape index (κ3) is 3.04. The summed E-state index contributed by atoms with van der Waals surface area (Å²) in [6.45, 7) is 1.78. The second-order valence-corrected chi connectivity index (χ2v) is 4.80. The Balaban J connectivity index is 2.28. The second kappa shape index (κ2) is 5.86. The van der Waals surface area contributed by atoms with Gasteiger partial charge in [0.15, 0.2) is 5.82 Å². The van der Waals surface area contributed by atoms with E-state index in [9.17, 15) is 8.78 Å². The molecule has 0 bridgehead atoms. The van der Waals surface area contributed by atoms with Gasteiger partial charge >= 0.3 is 0 Å². The molecule has 0 aliphatic heterocycles. The van der Waals surface area contributed by atoms with E-state index in [-0.39, 0.29) is 6.04 Å². The summed E-state index contributed by atoms with van der Waals surface area (Å²) in [4.78, 5) is 6.12. The number of hydrogen-bond donors (Lipinski definition) is 1. The van der Waals surface area contributed by atoms with Gasteiger partial charge in [0.05, 0.1) is 11.7 Å². The van der Waals surface area contributed by atoms with Gasteiger partial charge in [0.2, 0.25) is 0 Å². The van der Waals surface area contributed by atoms with E-state index in [2.05, 4.69) is 10.3 Å². The maximum atomic E-state index is 13.7. The molecule has 1 atom stereocenters. The summed E-state index contributed by atoms with van der Waals surface area (Å²) >= 11 is 0. The molecule has 1 aromatic carbocycles. The first-order valence-corrected chi connectivity index (χ1v) is 6.33. The lowest BCUT2D eigenvalue weighted by molar-refractivity contribution is 0.577. The SMILES string of the molecule is CC(Nc1cccnc1N(C)C)c1cc(F)ccc1F. The maximum Gasteiger partial charge on any atom is 0.151 e. The summed E-state index contributed by atoms with van der Waals surface area (Å²) < 4.78 is 27.0. The van der Waals surface area contributed by atoms with Gasteiger partial charge in [-0.3, -0.25) is 0 Å². The molecule has 1 N–H and O–H groups in total. The van der Waals surface area contributed by atoms with E-state index in [4.69, 9.17) is 0 Å². The minimum atomic E-state index is -0.450. The third-order valence-corrected chi connectivity index (χ3v) is 3.01. The summed E-state index contributed by atoms with van der Waals surface area (Å²) in [5.41, 5.74) is 1.06. The predicted octanol–water partition coefficient (Wildman–Crippen LogP) is 3.60. The van der Waals surface area contributed by atoms with E-state index in [0.29, 0.717) is 5.56 Å². The Labute approximate surface area is 117 Å². The molecule has 106 valence electrons. The summed E-state index contributed by atoms with van der Waals surface area (Å²) in [6, 6.07) is 6.74. The lowest BCUT2D eigenvalue weighted by Gasteiger charge is -2.21. The molecule has 3 nitrogen and oxygen atoms in total. The zero-order valence-corrected chi connectivity index (χ0v) is 11.7. The van der Waals surface area contributed by atoms with Crippen LogP contribution in [0.2, 0.25) is 0 Å². The summed E-state index contributed by atoms with van der Waals surface area (Å²) in [5.74, 6) is -0.132. The lowest BCUT2D eigenvalue weighted by atomic mass is 10.1. The van der Waals surface area contributed by atoms with Crippen molar-refractivity contribution >= 4 is 11.5 Å². The van der Waals surface area contributed by atoms with Crippen LogP contribution >= 0.6 is 0 Å². The van der Waals surface area contributed by atoms with E-state index in [1.54, 1.807) is 19.2 Å². The highest BCUT2D eigenvalue weighted by Gasteiger charge is 2.14. The molecular formula is C15H17F2N3. The molecule has 0 aliphatic carbocycles. The standard InChI is InChI=1S/C15H17F2N3/c1-10(12-9-11(16)6-7-13(12)17)19-14-5-4-8-18-15(14)20(2)3/h4-10,19H,1-3H3. The molecule has 0 amide bonds. The van der Waals surface area contributed by atoms with Crippen LogP contribution in [0.3, 0.4) is 0 Å². The number of hydrogen-bond acceptors (Lipinski definition) is 3. The minimum Gasteiger partial charge on any atom is -0.375 e. The summed E-state index contributed by atoms with van der Waals surface area (Å²) in [7, 11) is 3.75. The van der Waals surface area contributed by atoms with Crippen molar-refractivity contribution in [1.82, 2.24) is 4.98 Å². The van der Waals surface area contributed by atoms with Crippen molar-refractivity contribution in [1.29, 1.82) is 0 Å². The van der Waals surface area contributed by atoms with Crippen molar-refractivity contribution in [2.24, 2.45) is 0 Å². The fourth-order valence-electron chi connectivity index (χ4n) is 2.02. The Kier molecular flexibility index (Phi) is 4.17. The average Bonchev–Trinajstić information content (AvgIpc) is 2.41. The van der Waals surface area contributed by atoms with Crippen molar-refractivity contribution < 1.29 is 8.78 Å². The first kappa shape index (κ1) is 14.2. The number of rotatable bonds is 4. The van der Waals surface area contributed by atoms with E-state index in [1.165, 1.54) is 6.07 Å². The van der Waals surface area contributed by atoms with Crippen molar-refractivity contribution in [3.63, 3.8) is 0 Å². The topological polar surface area (TPSA) is 28.2 Å². The number of nitrogens with one attached hydrogen (secondary N) is 1. The molecular weight excluding hydrogens is 260 g/mol. The number of pyridine rings is 1. The number of nitrogens with zero attached hydrogens (tertiary/aromatic N) is 2. The van der Waals surface area contributed by atoms with Crippen LogP contribution in [0.4, 0.5) is 20.3 Å². The Morgan fingerprint density at radius 2 is 1.95 bits per heavy atom. The summed E-state index contributed by atoms with van der Waals surface area (Å²) in [5, 5.41) is 3.17. The number of aromatic nitrogens is 1. The van der Waals surface area contributed by atoms with Gasteiger partial charge in [-0.15, -0.1) is 0 Å². The highest BCUT2D eigenvalue weighted by atomic mass is 19.1. The smallest absolute Gasteiger partial charge is 0.151 e. The minimum absolute atomic E-state index is 0.290. The molecule has 2 aromatic rings. The van der Waals surface area contributed by atoms with Gasteiger partial charge in [0.25, 0.3) is 0 Å². The zero-order valence-electron chi connectivity index (χ0n) is 11.7. The molecule has 0 radical (unpaired) electrons. The van der Waals surface area contributed by atoms with Gasteiger partial charge in [-0.05, 0) is 37.3 Å². The lowest BCUT2D eigenvalue weighted by Crippen LogP contribution is -2.16. The van der Waals surface area contributed by atoms with Crippen molar-refractivity contribution in [3.05, 3.63) is 53.7 Å². The van der Waals surface area contributed by atoms with Crippen LogP contribution in [-0.4, -0.2) is 19.1 Å². The van der Waals surface area contributed by atoms with Gasteiger partial charge in [-0.1, -0.05) is 0 Å². The molecule has 1 heterocycles. The fourth-order valence-corrected chi connectivity index (χ4v) is 2.02. The van der Waals surface area contributed by atoms with Crippen LogP contribution in [0.25, 0.3) is 0 Å². The molecule has 0 spiro atoms. The van der Waals surface area contributed by atoms with Crippen molar-refractivity contribution in [2.45, 2.75) is 13.0 Å². The molecule has 0 saturated heterocycles. The van der Waals surface area contributed by atoms with Gasteiger partial charge in [-0.25, -0.2) is 13.8 Å². The Bertz CT molecular complexity index is 599. The predicted molar refractivity (Wildman–Crippen MR) is 77.0 cm³/mol. The largest absolute Gasteiger partial charge is 0.375 e. The molecule has 20 heavy (non-hydrogen) atoms. The molecule has 1 aromatic heterocycles. The van der Waals surface area contributed by atoms with E-state index in [1.807, 2.05) is 25.1 Å². The molecule has 0 fully saturated rings. The van der Waals surface area contributed by atoms with Gasteiger partial charge in [0, 0.05) is 25.9 Å². The van der Waals surface area contributed by atoms with Gasteiger partial charge in [-0.2, -0.15) is 0 Å². The van der Waals surface area contributed by atoms with Crippen LogP contribution < -0.4 is 10.2 Å². The van der Waals surface area contributed by atoms with Gasteiger partial charge in [0.1, 0.15) is 11.6 Å². The van der Waals surface area contributed by atoms with Crippen LogP contribution in [-0.2, 0) is 0 Å². The quantitative estimate of drug-likeness (QED) is 0.925. The zero-order chi connectivity index (χ0) is 14.7. The van der Waals surface area contributed by atoms with Gasteiger partial charge < -0.3 is 10.2 Å². The van der Waals surface area contributed by atoms with E-state index < -0.39 is 11.6 Å². The first-order valence-electron chi connectivity index (χ1n) is 6.33. The molecule has 5 heteroatoms. The van der Waals surface area contributed by atoms with Crippen LogP contribution in [0, 0.1) is 11.6 Å². The van der Waals surface area contributed by atoms with E-state index >= 15 is 0 Å². The van der Waals surface area contributed by atoms with Crippen molar-refractivity contribution in [3.8, 4) is 0 Å². The normalized spacial score (nSPS) is 12.1. The average molecular weight is 277 g/mol. The Morgan fingerprint density at radius 1 is 1.20 bits per heavy atom. The Hall–Kier alpha value is -2.17. The second-order valence-electron chi connectivity index (χ2n) is 4.80. The molecule has 0 aliphatic rings. The number of benzene rings is 1. The molecule has 0 saturated carbocycles. The third-order valence-electron chi connectivity index (χ3n) is 3.01. The Morgan fingerprint density at radius 3 is 2.65 bits per heavy atom. The monoisotopic (exact) mass is 277 g/mol. The summed E-state index contributed by atoms with van der Waals surface area (Å²) in [6.07, 6.45) is 1.69. The van der Waals surface area contributed by atoms with Crippen LogP contribution in [0.5, 0.6) is 0 Å². The first-order chi connectivity index (χ1) is 9.49. The number of halogens is 2. The molecule has 1 unspecified atom stereocenters. The molecule has 2 rings (SSSR count). The highest BCUT2D eigenvalue weighted by molar-refractivity contribution is 5.65. The van der Waals surface area contributed by atoms with Crippen molar-refractivity contribution in [2.75, 3.05) is 24.3 Å².